The summed E-state index contributed by atoms with van der Waals surface area (Å²) >= 11 is 0. The van der Waals surface area contributed by atoms with Gasteiger partial charge in [0.1, 0.15) is 0 Å². The van der Waals surface area contributed by atoms with Gasteiger partial charge < -0.3 is 9.84 Å². The van der Waals surface area contributed by atoms with Gasteiger partial charge in [0.15, 0.2) is 0 Å². The first kappa shape index (κ1) is 10.9. The summed E-state index contributed by atoms with van der Waals surface area (Å²) in [5, 5.41) is 8.73. The lowest BCUT2D eigenvalue weighted by atomic mass is 9.82. The number of hydrogen-bond acceptors (Lipinski definition) is 4. The Morgan fingerprint density at radius 2 is 2.31 bits per heavy atom. The number of nitrogens with zero attached hydrogens (tertiary/aromatic N) is 2. The normalized spacial score (nSPS) is 15.6. The lowest BCUT2D eigenvalue weighted by molar-refractivity contribution is -0.136. The van der Waals surface area contributed by atoms with Gasteiger partial charge in [-0.15, -0.1) is 0 Å². The Morgan fingerprint density at radius 3 is 2.81 bits per heavy atom. The fourth-order valence-electron chi connectivity index (χ4n) is 1.74. The lowest BCUT2D eigenvalue weighted by Gasteiger charge is -2.25. The SMILES string of the molecule is COc1nc(CC(=O)O)cc(C2CCC2)n1. The first-order chi connectivity index (χ1) is 7.69. The molecule has 0 radical (unpaired) electrons. The second-order valence-electron chi connectivity index (χ2n) is 3.97. The van der Waals surface area contributed by atoms with Crippen molar-refractivity contribution in [2.75, 3.05) is 7.11 Å². The molecule has 1 aromatic heterocycles. The largest absolute Gasteiger partial charge is 0.481 e. The molecule has 0 spiro atoms. The minimum Gasteiger partial charge on any atom is -0.481 e. The summed E-state index contributed by atoms with van der Waals surface area (Å²) in [5.74, 6) is -0.440. The highest BCUT2D eigenvalue weighted by Gasteiger charge is 2.22. The van der Waals surface area contributed by atoms with Crippen LogP contribution in [0.4, 0.5) is 0 Å². The average Bonchev–Trinajstić information content (AvgIpc) is 2.13. The highest BCUT2D eigenvalue weighted by atomic mass is 16.5. The predicted molar refractivity (Wildman–Crippen MR) is 56.5 cm³/mol. The minimum atomic E-state index is -0.889. The molecule has 0 bridgehead atoms. The molecule has 0 amide bonds. The number of carbonyl (C=O) groups is 1. The van der Waals surface area contributed by atoms with E-state index >= 15 is 0 Å². The molecule has 5 heteroatoms. The third-order valence-corrected chi connectivity index (χ3v) is 2.82. The molecule has 0 unspecified atom stereocenters. The summed E-state index contributed by atoms with van der Waals surface area (Å²) in [6.45, 7) is 0. The smallest absolute Gasteiger partial charge is 0.316 e. The number of ether oxygens (including phenoxy) is 1. The summed E-state index contributed by atoms with van der Waals surface area (Å²) in [4.78, 5) is 18.9. The summed E-state index contributed by atoms with van der Waals surface area (Å²) < 4.78 is 4.98. The zero-order valence-corrected chi connectivity index (χ0v) is 9.14. The molecule has 1 aliphatic carbocycles. The second-order valence-corrected chi connectivity index (χ2v) is 3.97. The Bertz CT molecular complexity index is 402. The van der Waals surface area contributed by atoms with Crippen molar-refractivity contribution in [2.24, 2.45) is 0 Å². The molecule has 0 aromatic carbocycles. The van der Waals surface area contributed by atoms with E-state index in [-0.39, 0.29) is 12.4 Å². The fourth-order valence-corrected chi connectivity index (χ4v) is 1.74. The Balaban J connectivity index is 2.26. The Kier molecular flexibility index (Phi) is 3.03. The van der Waals surface area contributed by atoms with Gasteiger partial charge in [0.05, 0.1) is 24.9 Å². The minimum absolute atomic E-state index is 0.0847. The summed E-state index contributed by atoms with van der Waals surface area (Å²) in [7, 11) is 1.49. The van der Waals surface area contributed by atoms with E-state index in [1.54, 1.807) is 6.07 Å². The van der Waals surface area contributed by atoms with Crippen molar-refractivity contribution in [1.82, 2.24) is 9.97 Å². The highest BCUT2D eigenvalue weighted by molar-refractivity contribution is 5.69. The first-order valence-electron chi connectivity index (χ1n) is 5.32. The Hall–Kier alpha value is -1.65. The van der Waals surface area contributed by atoms with Gasteiger partial charge in [-0.1, -0.05) is 6.42 Å². The van der Waals surface area contributed by atoms with E-state index < -0.39 is 5.97 Å². The van der Waals surface area contributed by atoms with Gasteiger partial charge in [-0.2, -0.15) is 9.97 Å². The maximum Gasteiger partial charge on any atom is 0.316 e. The third kappa shape index (κ3) is 2.29. The molecule has 1 N–H and O–H groups in total. The lowest BCUT2D eigenvalue weighted by Crippen LogP contribution is -2.13. The zero-order valence-electron chi connectivity index (χ0n) is 9.14. The molecule has 1 saturated carbocycles. The molecule has 0 saturated heterocycles. The fraction of sp³-hybridized carbons (Fsp3) is 0.545. The van der Waals surface area contributed by atoms with E-state index in [1.807, 2.05) is 0 Å². The number of aromatic nitrogens is 2. The molecule has 1 aliphatic rings. The van der Waals surface area contributed by atoms with Crippen LogP contribution in [0.1, 0.15) is 36.6 Å². The van der Waals surface area contributed by atoms with E-state index in [9.17, 15) is 4.79 Å². The maximum absolute atomic E-state index is 10.6. The van der Waals surface area contributed by atoms with Crippen LogP contribution in [0, 0.1) is 0 Å². The second kappa shape index (κ2) is 4.47. The van der Waals surface area contributed by atoms with Gasteiger partial charge in [-0.3, -0.25) is 4.79 Å². The van der Waals surface area contributed by atoms with Crippen molar-refractivity contribution in [3.05, 3.63) is 17.5 Å². The van der Waals surface area contributed by atoms with Crippen molar-refractivity contribution < 1.29 is 14.6 Å². The van der Waals surface area contributed by atoms with Crippen LogP contribution in [-0.2, 0) is 11.2 Å². The maximum atomic E-state index is 10.6. The molecule has 1 aromatic rings. The van der Waals surface area contributed by atoms with Gasteiger partial charge in [-0.05, 0) is 18.9 Å². The van der Waals surface area contributed by atoms with Gasteiger partial charge in [0.2, 0.25) is 0 Å². The standard InChI is InChI=1S/C11H14N2O3/c1-16-11-12-8(6-10(14)15)5-9(13-11)7-3-2-4-7/h5,7H,2-4,6H2,1H3,(H,14,15). The van der Waals surface area contributed by atoms with Crippen molar-refractivity contribution in [2.45, 2.75) is 31.6 Å². The number of aliphatic carboxylic acids is 1. The molecule has 16 heavy (non-hydrogen) atoms. The van der Waals surface area contributed by atoms with Crippen molar-refractivity contribution in [3.8, 4) is 6.01 Å². The monoisotopic (exact) mass is 222 g/mol. The topological polar surface area (TPSA) is 72.3 Å². The van der Waals surface area contributed by atoms with Crippen LogP contribution in [0.15, 0.2) is 6.07 Å². The van der Waals surface area contributed by atoms with Gasteiger partial charge in [-0.25, -0.2) is 0 Å². The van der Waals surface area contributed by atoms with E-state index in [2.05, 4.69) is 9.97 Å². The van der Waals surface area contributed by atoms with Crippen LogP contribution in [0.2, 0.25) is 0 Å². The first-order valence-corrected chi connectivity index (χ1v) is 5.32. The van der Waals surface area contributed by atoms with Crippen LogP contribution in [-0.4, -0.2) is 28.2 Å². The number of rotatable bonds is 4. The highest BCUT2D eigenvalue weighted by Crippen LogP contribution is 2.35. The molecule has 0 atom stereocenters. The molecule has 0 aliphatic heterocycles. The molecular weight excluding hydrogens is 208 g/mol. The van der Waals surface area contributed by atoms with E-state index in [1.165, 1.54) is 13.5 Å². The van der Waals surface area contributed by atoms with Crippen LogP contribution >= 0.6 is 0 Å². The molecule has 2 rings (SSSR count). The van der Waals surface area contributed by atoms with Gasteiger partial charge in [0, 0.05) is 5.92 Å². The van der Waals surface area contributed by atoms with Gasteiger partial charge in [0.25, 0.3) is 0 Å². The van der Waals surface area contributed by atoms with E-state index in [4.69, 9.17) is 9.84 Å². The quantitative estimate of drug-likeness (QED) is 0.833. The number of carboxylic acids is 1. The number of carboxylic acid groups (broad SMARTS) is 1. The van der Waals surface area contributed by atoms with E-state index in [0.29, 0.717) is 11.6 Å². The van der Waals surface area contributed by atoms with Crippen molar-refractivity contribution >= 4 is 5.97 Å². The Morgan fingerprint density at radius 1 is 1.56 bits per heavy atom. The predicted octanol–water partition coefficient (Wildman–Crippen LogP) is 1.38. The zero-order chi connectivity index (χ0) is 11.5. The van der Waals surface area contributed by atoms with E-state index in [0.717, 1.165) is 18.5 Å². The van der Waals surface area contributed by atoms with Gasteiger partial charge >= 0.3 is 12.0 Å². The molecule has 5 nitrogen and oxygen atoms in total. The Labute approximate surface area is 93.5 Å². The summed E-state index contributed by atoms with van der Waals surface area (Å²) in [5.41, 5.74) is 1.43. The van der Waals surface area contributed by atoms with Crippen LogP contribution in [0.25, 0.3) is 0 Å². The third-order valence-electron chi connectivity index (χ3n) is 2.82. The van der Waals surface area contributed by atoms with Crippen LogP contribution in [0.5, 0.6) is 6.01 Å². The molecule has 86 valence electrons. The molecule has 1 fully saturated rings. The van der Waals surface area contributed by atoms with Crippen LogP contribution in [0.3, 0.4) is 0 Å². The molecular formula is C11H14N2O3. The summed E-state index contributed by atoms with van der Waals surface area (Å²) in [6, 6.07) is 2.04. The molecule has 1 heterocycles. The average molecular weight is 222 g/mol. The number of methoxy groups -OCH3 is 1. The summed E-state index contributed by atoms with van der Waals surface area (Å²) in [6.07, 6.45) is 3.36. The van der Waals surface area contributed by atoms with Crippen molar-refractivity contribution in [1.29, 1.82) is 0 Å². The van der Waals surface area contributed by atoms with Crippen LogP contribution < -0.4 is 4.74 Å². The number of hydrogen-bond donors (Lipinski definition) is 1. The van der Waals surface area contributed by atoms with Crippen molar-refractivity contribution in [3.63, 3.8) is 0 Å².